The van der Waals surface area contributed by atoms with Crippen LogP contribution in [-0.2, 0) is 14.6 Å². The third-order valence-electron chi connectivity index (χ3n) is 6.22. The topological polar surface area (TPSA) is 86.8 Å². The summed E-state index contributed by atoms with van der Waals surface area (Å²) in [4.78, 5) is 28.9. The fourth-order valence-electron chi connectivity index (χ4n) is 4.37. The van der Waals surface area contributed by atoms with Gasteiger partial charge in [-0.25, -0.2) is 18.1 Å². The van der Waals surface area contributed by atoms with Gasteiger partial charge in [-0.2, -0.15) is 0 Å². The van der Waals surface area contributed by atoms with Gasteiger partial charge in [0.2, 0.25) is 0 Å². The second-order valence-electron chi connectivity index (χ2n) is 8.29. The molecule has 1 spiro atoms. The summed E-state index contributed by atoms with van der Waals surface area (Å²) in [6, 6.07) is -0.429. The van der Waals surface area contributed by atoms with E-state index in [0.717, 1.165) is 25.7 Å². The molecule has 0 aromatic carbocycles. The van der Waals surface area contributed by atoms with Gasteiger partial charge in [0.1, 0.15) is 5.54 Å². The van der Waals surface area contributed by atoms with Crippen LogP contribution in [0, 0.1) is 5.92 Å². The second-order valence-corrected chi connectivity index (χ2v) is 10.5. The van der Waals surface area contributed by atoms with Crippen molar-refractivity contribution in [1.82, 2.24) is 15.1 Å². The molecule has 1 aliphatic carbocycles. The van der Waals surface area contributed by atoms with Crippen molar-refractivity contribution in [3.05, 3.63) is 0 Å². The Labute approximate surface area is 156 Å². The number of nitrogens with one attached hydrogen (secondary N) is 1. The SMILES string of the molecule is CCCCN(CN1C(=O)NC2(CCC(C)CC2)C1=O)[C@@H]1CCS(=O)(=O)C1. The van der Waals surface area contributed by atoms with Crippen molar-refractivity contribution in [3.63, 3.8) is 0 Å². The Balaban J connectivity index is 1.72. The van der Waals surface area contributed by atoms with Gasteiger partial charge in [-0.3, -0.25) is 9.69 Å². The Morgan fingerprint density at radius 1 is 1.23 bits per heavy atom. The first-order chi connectivity index (χ1) is 12.3. The fraction of sp³-hybridized carbons (Fsp3) is 0.889. The van der Waals surface area contributed by atoms with E-state index in [9.17, 15) is 18.0 Å². The van der Waals surface area contributed by atoms with Gasteiger partial charge < -0.3 is 5.32 Å². The molecule has 0 bridgehead atoms. The Morgan fingerprint density at radius 2 is 1.92 bits per heavy atom. The smallest absolute Gasteiger partial charge is 0.323 e. The summed E-state index contributed by atoms with van der Waals surface area (Å²) in [6.45, 7) is 5.16. The molecule has 3 fully saturated rings. The molecular weight excluding hydrogens is 354 g/mol. The van der Waals surface area contributed by atoms with E-state index in [1.165, 1.54) is 4.90 Å². The molecular formula is C18H31N3O4S. The highest BCUT2D eigenvalue weighted by Gasteiger charge is 2.52. The highest BCUT2D eigenvalue weighted by molar-refractivity contribution is 7.91. The summed E-state index contributed by atoms with van der Waals surface area (Å²) in [5.41, 5.74) is -0.734. The minimum Gasteiger partial charge on any atom is -0.323 e. The maximum Gasteiger partial charge on any atom is 0.326 e. The lowest BCUT2D eigenvalue weighted by Gasteiger charge is -2.34. The van der Waals surface area contributed by atoms with Gasteiger partial charge in [-0.1, -0.05) is 20.3 Å². The van der Waals surface area contributed by atoms with E-state index in [2.05, 4.69) is 19.2 Å². The number of rotatable bonds is 6. The molecule has 3 rings (SSSR count). The molecule has 1 N–H and O–H groups in total. The van der Waals surface area contributed by atoms with Crippen molar-refractivity contribution < 1.29 is 18.0 Å². The third-order valence-corrected chi connectivity index (χ3v) is 7.97. The summed E-state index contributed by atoms with van der Waals surface area (Å²) < 4.78 is 23.7. The van der Waals surface area contributed by atoms with Gasteiger partial charge in [0.05, 0.1) is 18.2 Å². The van der Waals surface area contributed by atoms with Crippen LogP contribution < -0.4 is 5.32 Å². The van der Waals surface area contributed by atoms with Gasteiger partial charge in [0, 0.05) is 12.6 Å². The van der Waals surface area contributed by atoms with E-state index in [0.29, 0.717) is 31.7 Å². The van der Waals surface area contributed by atoms with E-state index in [-0.39, 0.29) is 36.2 Å². The molecule has 0 aromatic heterocycles. The maximum absolute atomic E-state index is 13.0. The molecule has 3 amide bonds. The molecule has 148 valence electrons. The van der Waals surface area contributed by atoms with Gasteiger partial charge in [-0.05, 0) is 44.4 Å². The summed E-state index contributed by atoms with van der Waals surface area (Å²) in [5.74, 6) is 0.784. The van der Waals surface area contributed by atoms with Crippen molar-refractivity contribution in [2.24, 2.45) is 5.92 Å². The lowest BCUT2D eigenvalue weighted by atomic mass is 9.77. The van der Waals surface area contributed by atoms with Crippen LogP contribution in [0.5, 0.6) is 0 Å². The lowest BCUT2D eigenvalue weighted by Crippen LogP contribution is -2.51. The first-order valence-corrected chi connectivity index (χ1v) is 11.7. The first kappa shape index (κ1) is 19.6. The monoisotopic (exact) mass is 385 g/mol. The molecule has 1 saturated carbocycles. The summed E-state index contributed by atoms with van der Waals surface area (Å²) in [7, 11) is -3.00. The van der Waals surface area contributed by atoms with E-state index in [1.807, 2.05) is 4.90 Å². The zero-order valence-electron chi connectivity index (χ0n) is 15.9. The van der Waals surface area contributed by atoms with Crippen LogP contribution in [-0.4, -0.2) is 66.5 Å². The predicted octanol–water partition coefficient (Wildman–Crippen LogP) is 1.73. The zero-order chi connectivity index (χ0) is 18.9. The normalized spacial score (nSPS) is 34.0. The molecule has 0 unspecified atom stereocenters. The van der Waals surface area contributed by atoms with E-state index >= 15 is 0 Å². The van der Waals surface area contributed by atoms with E-state index in [4.69, 9.17) is 0 Å². The van der Waals surface area contributed by atoms with Crippen LogP contribution in [0.2, 0.25) is 0 Å². The number of carbonyl (C=O) groups excluding carboxylic acids is 2. The fourth-order valence-corrected chi connectivity index (χ4v) is 6.14. The number of carbonyl (C=O) groups is 2. The van der Waals surface area contributed by atoms with Crippen molar-refractivity contribution in [1.29, 1.82) is 0 Å². The molecule has 2 heterocycles. The number of hydrogen-bond donors (Lipinski definition) is 1. The number of nitrogens with zero attached hydrogens (tertiary/aromatic N) is 2. The number of hydrogen-bond acceptors (Lipinski definition) is 5. The van der Waals surface area contributed by atoms with Crippen molar-refractivity contribution in [2.75, 3.05) is 24.7 Å². The Morgan fingerprint density at radius 3 is 2.50 bits per heavy atom. The van der Waals surface area contributed by atoms with Crippen molar-refractivity contribution in [3.8, 4) is 0 Å². The summed E-state index contributed by atoms with van der Waals surface area (Å²) in [5, 5.41) is 2.95. The van der Waals surface area contributed by atoms with E-state index in [1.54, 1.807) is 0 Å². The second kappa shape index (κ2) is 7.46. The first-order valence-electron chi connectivity index (χ1n) is 9.85. The van der Waals surface area contributed by atoms with Crippen LogP contribution in [0.4, 0.5) is 4.79 Å². The molecule has 1 atom stereocenters. The van der Waals surface area contributed by atoms with Crippen LogP contribution >= 0.6 is 0 Å². The molecule has 7 nitrogen and oxygen atoms in total. The lowest BCUT2D eigenvalue weighted by molar-refractivity contribution is -0.134. The molecule has 0 aromatic rings. The van der Waals surface area contributed by atoms with Crippen LogP contribution in [0.15, 0.2) is 0 Å². The van der Waals surface area contributed by atoms with Crippen LogP contribution in [0.1, 0.15) is 58.8 Å². The maximum atomic E-state index is 13.0. The zero-order valence-corrected chi connectivity index (χ0v) is 16.7. The summed E-state index contributed by atoms with van der Waals surface area (Å²) >= 11 is 0. The molecule has 26 heavy (non-hydrogen) atoms. The number of unbranched alkanes of at least 4 members (excludes halogenated alkanes) is 1. The largest absolute Gasteiger partial charge is 0.326 e. The molecule has 2 aliphatic heterocycles. The number of amides is 3. The van der Waals surface area contributed by atoms with Gasteiger partial charge in [-0.15, -0.1) is 0 Å². The standard InChI is InChI=1S/C18H31N3O4S/c1-3-4-10-20(15-7-11-26(24,25)12-15)13-21-16(22)18(19-17(21)23)8-5-14(2)6-9-18/h14-15H,3-13H2,1-2H3,(H,19,23)/t14?,15-,18?/m1/s1. The van der Waals surface area contributed by atoms with Gasteiger partial charge in [0.15, 0.2) is 9.84 Å². The molecule has 8 heteroatoms. The summed E-state index contributed by atoms with van der Waals surface area (Å²) in [6.07, 6.45) is 5.77. The minimum absolute atomic E-state index is 0.102. The van der Waals surface area contributed by atoms with E-state index < -0.39 is 15.4 Å². The number of imide groups is 1. The molecule has 0 radical (unpaired) electrons. The number of sulfone groups is 1. The third kappa shape index (κ3) is 3.91. The Hall–Kier alpha value is -1.15. The minimum atomic E-state index is -3.00. The average Bonchev–Trinajstić information content (AvgIpc) is 3.06. The highest BCUT2D eigenvalue weighted by atomic mass is 32.2. The van der Waals surface area contributed by atoms with Crippen LogP contribution in [0.25, 0.3) is 0 Å². The van der Waals surface area contributed by atoms with Gasteiger partial charge in [0.25, 0.3) is 5.91 Å². The Kier molecular flexibility index (Phi) is 5.63. The average molecular weight is 386 g/mol. The number of urea groups is 1. The highest BCUT2D eigenvalue weighted by Crippen LogP contribution is 2.36. The van der Waals surface area contributed by atoms with Crippen LogP contribution in [0.3, 0.4) is 0 Å². The quantitative estimate of drug-likeness (QED) is 0.704. The van der Waals surface area contributed by atoms with Crippen molar-refractivity contribution >= 4 is 21.8 Å². The molecule has 3 aliphatic rings. The van der Waals surface area contributed by atoms with Crippen molar-refractivity contribution in [2.45, 2.75) is 70.4 Å². The molecule has 2 saturated heterocycles. The Bertz CT molecular complexity index is 655. The predicted molar refractivity (Wildman–Crippen MR) is 99.3 cm³/mol. The van der Waals surface area contributed by atoms with Gasteiger partial charge >= 0.3 is 6.03 Å².